The third kappa shape index (κ3) is 7.39. The monoisotopic (exact) mass is 654 g/mol. The molecule has 2 heterocycles. The van der Waals surface area contributed by atoms with Crippen molar-refractivity contribution in [3.8, 4) is 22.8 Å². The van der Waals surface area contributed by atoms with Gasteiger partial charge in [0.05, 0.1) is 23.2 Å². The molecule has 2 atom stereocenters. The number of aliphatic imine (C=N–C) groups is 1. The largest absolute Gasteiger partial charge is 0.573 e. The molecule has 1 aliphatic heterocycles. The molecule has 3 aromatic carbocycles. The Balaban J connectivity index is 1.24. The smallest absolute Gasteiger partial charge is 0.406 e. The van der Waals surface area contributed by atoms with Crippen LogP contribution in [0.3, 0.4) is 0 Å². The van der Waals surface area contributed by atoms with Crippen LogP contribution >= 0.6 is 11.8 Å². The third-order valence-electron chi connectivity index (χ3n) is 7.19. The van der Waals surface area contributed by atoms with Crippen LogP contribution in [-0.4, -0.2) is 50.0 Å². The van der Waals surface area contributed by atoms with Crippen LogP contribution in [0.25, 0.3) is 17.1 Å². The van der Waals surface area contributed by atoms with Crippen LogP contribution in [-0.2, 0) is 4.79 Å². The summed E-state index contributed by atoms with van der Waals surface area (Å²) in [4.78, 5) is 35.5. The Morgan fingerprint density at radius 3 is 2.39 bits per heavy atom. The minimum Gasteiger partial charge on any atom is -0.406 e. The molecule has 4 aromatic rings. The zero-order valence-corrected chi connectivity index (χ0v) is 26.1. The number of anilines is 1. The molecule has 1 N–H and O–H groups in total. The summed E-state index contributed by atoms with van der Waals surface area (Å²) >= 11 is 1.15. The summed E-state index contributed by atoms with van der Waals surface area (Å²) in [5, 5.41) is 7.16. The molecule has 1 fully saturated rings. The van der Waals surface area contributed by atoms with Crippen molar-refractivity contribution in [3.63, 3.8) is 0 Å². The van der Waals surface area contributed by atoms with E-state index in [1.54, 1.807) is 24.3 Å². The van der Waals surface area contributed by atoms with Crippen molar-refractivity contribution in [2.75, 3.05) is 10.7 Å². The number of aromatic nitrogens is 3. The first-order valence-corrected chi connectivity index (χ1v) is 15.3. The predicted octanol–water partition coefficient (Wildman–Crippen LogP) is 7.51. The van der Waals surface area contributed by atoms with Gasteiger partial charge in [-0.15, -0.1) is 18.3 Å². The van der Waals surface area contributed by atoms with Gasteiger partial charge in [0.1, 0.15) is 18.2 Å². The molecule has 46 heavy (non-hydrogen) atoms. The number of nitrogens with one attached hydrogen (secondary N) is 1. The van der Waals surface area contributed by atoms with E-state index in [0.717, 1.165) is 22.9 Å². The molecular formula is C32H30F4N6O3S. The van der Waals surface area contributed by atoms with E-state index < -0.39 is 24.6 Å². The Labute approximate surface area is 266 Å². The van der Waals surface area contributed by atoms with E-state index in [1.807, 2.05) is 39.0 Å². The van der Waals surface area contributed by atoms with Crippen molar-refractivity contribution in [2.45, 2.75) is 52.2 Å². The Bertz CT molecular complexity index is 1760. The molecule has 0 spiro atoms. The lowest BCUT2D eigenvalue weighted by molar-refractivity contribution is -0.274. The molecule has 14 heteroatoms. The van der Waals surface area contributed by atoms with Gasteiger partial charge in [0, 0.05) is 5.56 Å². The summed E-state index contributed by atoms with van der Waals surface area (Å²) in [5.41, 5.74) is 4.04. The van der Waals surface area contributed by atoms with Gasteiger partial charge in [-0.25, -0.2) is 18.9 Å². The molecule has 3 amide bonds. The first-order valence-electron chi connectivity index (χ1n) is 14.3. The number of amides is 3. The van der Waals surface area contributed by atoms with Gasteiger partial charge in [0.25, 0.3) is 0 Å². The van der Waals surface area contributed by atoms with E-state index in [2.05, 4.69) is 25.1 Å². The number of urea groups is 1. The summed E-state index contributed by atoms with van der Waals surface area (Å²) in [6.07, 6.45) is -4.96. The maximum Gasteiger partial charge on any atom is 0.573 e. The summed E-state index contributed by atoms with van der Waals surface area (Å²) in [5.74, 6) is 0.0484. The molecule has 5 rings (SSSR count). The van der Waals surface area contributed by atoms with Crippen LogP contribution in [0.1, 0.15) is 49.6 Å². The summed E-state index contributed by atoms with van der Waals surface area (Å²) in [7, 11) is 0. The van der Waals surface area contributed by atoms with Crippen molar-refractivity contribution in [3.05, 3.63) is 89.7 Å². The standard InChI is InChI=1S/C32H30F4N6O3S/c1-18(2)27-19(3)6-5-7-25(27)42-26(43)16-46-31(42)39-30(44)38-20(4)28(33)21-8-10-22(11-9-21)29-37-17-41(40-29)23-12-14-24(15-13-23)45-32(34,35)36/h5-15,17-18,20,28H,16H2,1-4H3,(H,38,44). The molecule has 1 saturated heterocycles. The number of rotatable bonds is 8. The third-order valence-corrected chi connectivity index (χ3v) is 8.11. The summed E-state index contributed by atoms with van der Waals surface area (Å²) in [6, 6.07) is 15.5. The number of thioether (sulfide) groups is 1. The van der Waals surface area contributed by atoms with Gasteiger partial charge in [0.2, 0.25) is 5.91 Å². The first kappa shape index (κ1) is 32.7. The van der Waals surface area contributed by atoms with Gasteiger partial charge in [-0.3, -0.25) is 9.69 Å². The lowest BCUT2D eigenvalue weighted by Gasteiger charge is -2.23. The number of amidine groups is 1. The number of carbonyl (C=O) groups is 2. The van der Waals surface area contributed by atoms with Gasteiger partial charge in [-0.05, 0) is 66.8 Å². The molecule has 240 valence electrons. The average molecular weight is 655 g/mol. The maximum absolute atomic E-state index is 15.4. The van der Waals surface area contributed by atoms with Crippen LogP contribution in [0.4, 0.5) is 28.0 Å². The van der Waals surface area contributed by atoms with Crippen molar-refractivity contribution in [2.24, 2.45) is 4.99 Å². The fourth-order valence-electron chi connectivity index (χ4n) is 5.11. The second kappa shape index (κ2) is 13.3. The SMILES string of the molecule is Cc1cccc(N2C(=O)CSC2=NC(=O)NC(C)C(F)c2ccc(-c3ncn(-c4ccc(OC(F)(F)F)cc4)n3)cc2)c1C(C)C. The van der Waals surface area contributed by atoms with Gasteiger partial charge in [-0.1, -0.05) is 62.0 Å². The Morgan fingerprint density at radius 2 is 1.74 bits per heavy atom. The first-order chi connectivity index (χ1) is 21.8. The lowest BCUT2D eigenvalue weighted by Crippen LogP contribution is -2.36. The highest BCUT2D eigenvalue weighted by Crippen LogP contribution is 2.35. The van der Waals surface area contributed by atoms with Crippen molar-refractivity contribution in [1.29, 1.82) is 0 Å². The van der Waals surface area contributed by atoms with E-state index in [-0.39, 0.29) is 28.5 Å². The van der Waals surface area contributed by atoms with Gasteiger partial charge >= 0.3 is 12.4 Å². The number of aryl methyl sites for hydroxylation is 1. The van der Waals surface area contributed by atoms with E-state index >= 15 is 4.39 Å². The van der Waals surface area contributed by atoms with E-state index in [1.165, 1.54) is 47.1 Å². The van der Waals surface area contributed by atoms with Crippen LogP contribution in [0.5, 0.6) is 5.75 Å². The number of benzene rings is 3. The van der Waals surface area contributed by atoms with Crippen LogP contribution < -0.4 is 15.0 Å². The predicted molar refractivity (Wildman–Crippen MR) is 168 cm³/mol. The quantitative estimate of drug-likeness (QED) is 0.197. The normalized spacial score (nSPS) is 15.8. The fraction of sp³-hybridized carbons (Fsp3) is 0.281. The average Bonchev–Trinajstić information content (AvgIpc) is 3.63. The van der Waals surface area contributed by atoms with Crippen LogP contribution in [0, 0.1) is 6.92 Å². The molecule has 1 aliphatic rings. The second-order valence-electron chi connectivity index (χ2n) is 10.9. The number of hydrogen-bond donors (Lipinski definition) is 1. The molecule has 0 bridgehead atoms. The number of ether oxygens (including phenoxy) is 1. The van der Waals surface area contributed by atoms with E-state index in [0.29, 0.717) is 28.3 Å². The number of halogens is 4. The number of nitrogens with zero attached hydrogens (tertiary/aromatic N) is 5. The van der Waals surface area contributed by atoms with Crippen LogP contribution in [0.2, 0.25) is 0 Å². The molecule has 0 saturated carbocycles. The summed E-state index contributed by atoms with van der Waals surface area (Å²) < 4.78 is 58.0. The molecule has 0 radical (unpaired) electrons. The van der Waals surface area contributed by atoms with Crippen molar-refractivity contribution >= 4 is 34.6 Å². The highest BCUT2D eigenvalue weighted by molar-refractivity contribution is 8.15. The lowest BCUT2D eigenvalue weighted by atomic mass is 9.95. The number of carbonyl (C=O) groups excluding carboxylic acids is 2. The molecule has 2 unspecified atom stereocenters. The fourth-order valence-corrected chi connectivity index (χ4v) is 5.96. The zero-order chi connectivity index (χ0) is 33.2. The minimum absolute atomic E-state index is 0.136. The van der Waals surface area contributed by atoms with Crippen molar-refractivity contribution < 1.29 is 31.9 Å². The Kier molecular flexibility index (Phi) is 9.47. The van der Waals surface area contributed by atoms with Gasteiger partial charge in [0.15, 0.2) is 11.0 Å². The molecule has 0 aliphatic carbocycles. The van der Waals surface area contributed by atoms with Gasteiger partial charge < -0.3 is 10.1 Å². The van der Waals surface area contributed by atoms with E-state index in [4.69, 9.17) is 0 Å². The molecule has 1 aromatic heterocycles. The van der Waals surface area contributed by atoms with Gasteiger partial charge in [-0.2, -0.15) is 4.99 Å². The second-order valence-corrected chi connectivity index (χ2v) is 11.8. The number of alkyl halides is 4. The maximum atomic E-state index is 15.4. The zero-order valence-electron chi connectivity index (χ0n) is 25.2. The van der Waals surface area contributed by atoms with Crippen LogP contribution in [0.15, 0.2) is 78.0 Å². The Morgan fingerprint density at radius 1 is 1.04 bits per heavy atom. The van der Waals surface area contributed by atoms with Crippen molar-refractivity contribution in [1.82, 2.24) is 20.1 Å². The summed E-state index contributed by atoms with van der Waals surface area (Å²) in [6.45, 7) is 7.56. The highest BCUT2D eigenvalue weighted by Gasteiger charge is 2.33. The molecule has 9 nitrogen and oxygen atoms in total. The molecular weight excluding hydrogens is 624 g/mol. The number of hydrogen-bond acceptors (Lipinski definition) is 6. The Hall–Kier alpha value is -4.72. The highest BCUT2D eigenvalue weighted by atomic mass is 32.2. The topological polar surface area (TPSA) is 102 Å². The van der Waals surface area contributed by atoms with E-state index in [9.17, 15) is 22.8 Å². The minimum atomic E-state index is -4.79.